The molecule has 0 unspecified atom stereocenters. The molecule has 1 aromatic carbocycles. The van der Waals surface area contributed by atoms with Crippen LogP contribution in [0.4, 0.5) is 0 Å². The average Bonchev–Trinajstić information content (AvgIpc) is 3.25. The van der Waals surface area contributed by atoms with Gasteiger partial charge in [-0.1, -0.05) is 16.8 Å². The van der Waals surface area contributed by atoms with Gasteiger partial charge < -0.3 is 4.52 Å². The van der Waals surface area contributed by atoms with Crippen molar-refractivity contribution in [1.82, 2.24) is 29.8 Å². The number of rotatable bonds is 2. The molecule has 0 bridgehead atoms. The topological polar surface area (TPSA) is 72.9 Å². The Kier molecular flexibility index (Phi) is 4.44. The van der Waals surface area contributed by atoms with Crippen LogP contribution in [0.3, 0.4) is 0 Å². The van der Waals surface area contributed by atoms with Crippen LogP contribution in [-0.2, 0) is 13.1 Å². The predicted octanol–water partition coefficient (Wildman–Crippen LogP) is 4.00. The fourth-order valence-electron chi connectivity index (χ4n) is 4.54. The van der Waals surface area contributed by atoms with Crippen molar-refractivity contribution in [1.29, 1.82) is 0 Å². The molecule has 0 N–H and O–H groups in total. The van der Waals surface area contributed by atoms with Gasteiger partial charge in [0.05, 0.1) is 12.2 Å². The van der Waals surface area contributed by atoms with Gasteiger partial charge in [0.15, 0.2) is 11.6 Å². The first-order valence-electron chi connectivity index (χ1n) is 9.80. The van der Waals surface area contributed by atoms with Gasteiger partial charge in [-0.05, 0) is 56.5 Å². The predicted molar refractivity (Wildman–Crippen MR) is 105 cm³/mol. The van der Waals surface area contributed by atoms with Gasteiger partial charge in [0, 0.05) is 30.3 Å². The van der Waals surface area contributed by atoms with Gasteiger partial charge in [-0.25, -0.2) is 0 Å². The molecule has 0 atom stereocenters. The largest absolute Gasteiger partial charge is 0.340 e. The van der Waals surface area contributed by atoms with Gasteiger partial charge in [-0.15, -0.1) is 10.2 Å². The van der Waals surface area contributed by atoms with Crippen molar-refractivity contribution < 1.29 is 4.52 Å². The summed E-state index contributed by atoms with van der Waals surface area (Å²) in [4.78, 5) is 6.67. The van der Waals surface area contributed by atoms with E-state index in [0.717, 1.165) is 67.0 Å². The molecule has 8 heteroatoms. The Hall–Kier alpha value is -2.25. The van der Waals surface area contributed by atoms with Gasteiger partial charge in [0.1, 0.15) is 5.82 Å². The van der Waals surface area contributed by atoms with Crippen molar-refractivity contribution in [3.8, 4) is 5.69 Å². The second kappa shape index (κ2) is 6.97. The van der Waals surface area contributed by atoms with Crippen molar-refractivity contribution in [3.63, 3.8) is 0 Å². The standard InChI is InChI=1S/C20H23ClN6O/c1-12-22-19(25-28-12)13-3-5-14(6-4-13)20-24-23-18-11-26(2)10-15-9-16(21)7-8-17(15)27(18)20/h7-9,13-14H,3-6,10-11H2,1-2H3/t13-,14+. The van der Waals surface area contributed by atoms with E-state index in [1.807, 2.05) is 13.0 Å². The zero-order valence-corrected chi connectivity index (χ0v) is 16.9. The molecule has 0 spiro atoms. The number of halogens is 1. The molecular weight excluding hydrogens is 376 g/mol. The fourth-order valence-corrected chi connectivity index (χ4v) is 4.73. The zero-order valence-electron chi connectivity index (χ0n) is 16.1. The molecule has 0 amide bonds. The SMILES string of the molecule is Cc1nc([C@H]2CC[C@@H](c3nnc4n3-c3ccc(Cl)cc3CN(C)C4)CC2)no1. The van der Waals surface area contributed by atoms with Crippen molar-refractivity contribution in [2.45, 2.75) is 57.5 Å². The molecule has 1 saturated carbocycles. The Morgan fingerprint density at radius 2 is 1.86 bits per heavy atom. The zero-order chi connectivity index (χ0) is 19.3. The molecule has 1 fully saturated rings. The van der Waals surface area contributed by atoms with E-state index in [2.05, 4.69) is 49.0 Å². The second-order valence-corrected chi connectivity index (χ2v) is 8.41. The maximum Gasteiger partial charge on any atom is 0.223 e. The Morgan fingerprint density at radius 1 is 1.07 bits per heavy atom. The van der Waals surface area contributed by atoms with Gasteiger partial charge in [0.25, 0.3) is 0 Å². The van der Waals surface area contributed by atoms with Crippen molar-refractivity contribution in [2.24, 2.45) is 0 Å². The van der Waals surface area contributed by atoms with E-state index in [4.69, 9.17) is 16.1 Å². The number of nitrogens with zero attached hydrogens (tertiary/aromatic N) is 6. The summed E-state index contributed by atoms with van der Waals surface area (Å²) in [7, 11) is 2.10. The maximum absolute atomic E-state index is 6.26. The Bertz CT molecular complexity index is 1000. The molecule has 0 radical (unpaired) electrons. The normalized spacial score (nSPS) is 22.5. The lowest BCUT2D eigenvalue weighted by Crippen LogP contribution is -2.17. The molecule has 2 aliphatic rings. The monoisotopic (exact) mass is 398 g/mol. The molecule has 7 nitrogen and oxygen atoms in total. The van der Waals surface area contributed by atoms with E-state index in [9.17, 15) is 0 Å². The Morgan fingerprint density at radius 3 is 2.61 bits per heavy atom. The summed E-state index contributed by atoms with van der Waals surface area (Å²) in [5, 5.41) is 14.1. The van der Waals surface area contributed by atoms with Crippen molar-refractivity contribution in [2.75, 3.05) is 7.05 Å². The van der Waals surface area contributed by atoms with E-state index < -0.39 is 0 Å². The highest BCUT2D eigenvalue weighted by Crippen LogP contribution is 2.40. The van der Waals surface area contributed by atoms with Crippen LogP contribution in [0.15, 0.2) is 22.7 Å². The highest BCUT2D eigenvalue weighted by Gasteiger charge is 2.31. The summed E-state index contributed by atoms with van der Waals surface area (Å²) in [5.74, 6) is 4.30. The summed E-state index contributed by atoms with van der Waals surface area (Å²) in [6, 6.07) is 6.11. The first-order chi connectivity index (χ1) is 13.6. The molecule has 1 aliphatic carbocycles. The average molecular weight is 399 g/mol. The van der Waals surface area contributed by atoms with Crippen LogP contribution in [0.25, 0.3) is 5.69 Å². The fraction of sp³-hybridized carbons (Fsp3) is 0.500. The molecule has 28 heavy (non-hydrogen) atoms. The lowest BCUT2D eigenvalue weighted by molar-refractivity contribution is 0.315. The number of hydrogen-bond donors (Lipinski definition) is 0. The maximum atomic E-state index is 6.26. The highest BCUT2D eigenvalue weighted by atomic mass is 35.5. The minimum atomic E-state index is 0.373. The van der Waals surface area contributed by atoms with Crippen molar-refractivity contribution in [3.05, 3.63) is 52.1 Å². The van der Waals surface area contributed by atoms with Gasteiger partial charge in [-0.2, -0.15) is 4.98 Å². The first-order valence-corrected chi connectivity index (χ1v) is 10.2. The van der Waals surface area contributed by atoms with Crippen LogP contribution in [0.1, 0.15) is 66.4 Å². The quantitative estimate of drug-likeness (QED) is 0.649. The van der Waals surface area contributed by atoms with Crippen LogP contribution in [-0.4, -0.2) is 36.9 Å². The van der Waals surface area contributed by atoms with E-state index in [0.29, 0.717) is 17.7 Å². The third kappa shape index (κ3) is 3.12. The van der Waals surface area contributed by atoms with E-state index >= 15 is 0 Å². The Labute approximate surface area is 168 Å². The summed E-state index contributed by atoms with van der Waals surface area (Å²) >= 11 is 6.26. The minimum Gasteiger partial charge on any atom is -0.340 e. The number of hydrogen-bond acceptors (Lipinski definition) is 6. The third-order valence-electron chi connectivity index (χ3n) is 5.89. The van der Waals surface area contributed by atoms with Crippen LogP contribution < -0.4 is 0 Å². The molecule has 3 heterocycles. The Balaban J connectivity index is 1.45. The second-order valence-electron chi connectivity index (χ2n) is 7.98. The van der Waals surface area contributed by atoms with Gasteiger partial charge >= 0.3 is 0 Å². The van der Waals surface area contributed by atoms with Gasteiger partial charge in [0.2, 0.25) is 5.89 Å². The summed E-state index contributed by atoms with van der Waals surface area (Å²) in [5.41, 5.74) is 2.37. The summed E-state index contributed by atoms with van der Waals surface area (Å²) < 4.78 is 7.42. The lowest BCUT2D eigenvalue weighted by atomic mass is 9.81. The van der Waals surface area contributed by atoms with Crippen LogP contribution in [0.5, 0.6) is 0 Å². The third-order valence-corrected chi connectivity index (χ3v) is 6.13. The lowest BCUT2D eigenvalue weighted by Gasteiger charge is -2.26. The molecular formula is C20H23ClN6O. The molecule has 0 saturated heterocycles. The molecule has 146 valence electrons. The number of fused-ring (bicyclic) bond motifs is 3. The van der Waals surface area contributed by atoms with Gasteiger partial charge in [-0.3, -0.25) is 9.47 Å². The molecule has 2 aromatic heterocycles. The van der Waals surface area contributed by atoms with Crippen LogP contribution in [0, 0.1) is 6.92 Å². The van der Waals surface area contributed by atoms with E-state index in [1.54, 1.807) is 0 Å². The van der Waals surface area contributed by atoms with E-state index in [-0.39, 0.29) is 0 Å². The number of aromatic nitrogens is 5. The highest BCUT2D eigenvalue weighted by molar-refractivity contribution is 6.30. The molecule has 1 aliphatic heterocycles. The minimum absolute atomic E-state index is 0.373. The number of aryl methyl sites for hydroxylation is 1. The van der Waals surface area contributed by atoms with E-state index in [1.165, 1.54) is 5.56 Å². The van der Waals surface area contributed by atoms with Crippen molar-refractivity contribution >= 4 is 11.6 Å². The number of benzene rings is 1. The molecule has 3 aromatic rings. The smallest absolute Gasteiger partial charge is 0.223 e. The summed E-state index contributed by atoms with van der Waals surface area (Å²) in [6.07, 6.45) is 4.18. The first kappa shape index (κ1) is 17.8. The molecule has 5 rings (SSSR count). The van der Waals surface area contributed by atoms with Crippen LogP contribution >= 0.6 is 11.6 Å². The van der Waals surface area contributed by atoms with Crippen LogP contribution in [0.2, 0.25) is 5.02 Å². The summed E-state index contributed by atoms with van der Waals surface area (Å²) in [6.45, 7) is 3.47.